The third kappa shape index (κ3) is 0.966. The Hall–Kier alpha value is -0.370. The van der Waals surface area contributed by atoms with Crippen LogP contribution in [0.4, 0.5) is 0 Å². The third-order valence-corrected chi connectivity index (χ3v) is 2.71. The minimum absolute atomic E-state index is 0.123. The molecule has 0 aromatic heterocycles. The van der Waals surface area contributed by atoms with Crippen molar-refractivity contribution < 1.29 is 9.90 Å². The second-order valence-electron chi connectivity index (χ2n) is 3.38. The predicted octanol–water partition coefficient (Wildman–Crippen LogP) is 1.13. The molecule has 1 aliphatic rings. The molecular weight excluding hydrogens is 128 g/mol. The lowest BCUT2D eigenvalue weighted by molar-refractivity contribution is -0.130. The summed E-state index contributed by atoms with van der Waals surface area (Å²) in [5.74, 6) is 0.123. The number of aliphatic hydroxyl groups is 1. The maximum atomic E-state index is 11.0. The second kappa shape index (κ2) is 2.35. The average Bonchev–Trinajstić information content (AvgIpc) is 2.15. The first-order chi connectivity index (χ1) is 4.57. The smallest absolute Gasteiger partial charge is 0.138 e. The van der Waals surface area contributed by atoms with Crippen molar-refractivity contribution in [2.24, 2.45) is 5.41 Å². The molecule has 1 rings (SSSR count). The Bertz CT molecular complexity index is 153. The van der Waals surface area contributed by atoms with E-state index >= 15 is 0 Å². The molecule has 0 amide bonds. The molecule has 0 heterocycles. The average molecular weight is 142 g/mol. The first-order valence-electron chi connectivity index (χ1n) is 3.76. The molecule has 1 aliphatic carbocycles. The summed E-state index contributed by atoms with van der Waals surface area (Å²) in [6.07, 6.45) is 2.22. The van der Waals surface area contributed by atoms with Gasteiger partial charge in [-0.25, -0.2) is 0 Å². The van der Waals surface area contributed by atoms with Gasteiger partial charge in [0.25, 0.3) is 0 Å². The molecular formula is C8H14O2. The van der Waals surface area contributed by atoms with Gasteiger partial charge in [0.2, 0.25) is 0 Å². The number of carbonyl (C=O) groups excluding carboxylic acids is 1. The van der Waals surface area contributed by atoms with Crippen LogP contribution in [0.1, 0.15) is 33.1 Å². The van der Waals surface area contributed by atoms with Gasteiger partial charge in [0.05, 0.1) is 11.5 Å². The molecule has 0 unspecified atom stereocenters. The van der Waals surface area contributed by atoms with Gasteiger partial charge in [-0.15, -0.1) is 0 Å². The van der Waals surface area contributed by atoms with Crippen LogP contribution in [0.15, 0.2) is 0 Å². The van der Waals surface area contributed by atoms with Crippen LogP contribution in [-0.2, 0) is 4.79 Å². The summed E-state index contributed by atoms with van der Waals surface area (Å²) in [5.41, 5.74) is -0.431. The SMILES string of the molecule is CC(=O)[C@]1(C)CCC[C@@H]1O. The fourth-order valence-electron chi connectivity index (χ4n) is 1.56. The number of Topliss-reactive ketones (excluding diaryl/α,β-unsaturated/α-hetero) is 1. The van der Waals surface area contributed by atoms with Gasteiger partial charge in [-0.2, -0.15) is 0 Å². The Kier molecular flexibility index (Phi) is 1.82. The summed E-state index contributed by atoms with van der Waals surface area (Å²) in [6, 6.07) is 0. The van der Waals surface area contributed by atoms with Crippen molar-refractivity contribution in [3.05, 3.63) is 0 Å². The predicted molar refractivity (Wildman–Crippen MR) is 38.6 cm³/mol. The van der Waals surface area contributed by atoms with Crippen molar-refractivity contribution in [1.29, 1.82) is 0 Å². The number of aliphatic hydroxyl groups excluding tert-OH is 1. The molecule has 0 saturated heterocycles. The van der Waals surface area contributed by atoms with Crippen molar-refractivity contribution in [2.75, 3.05) is 0 Å². The molecule has 0 spiro atoms. The molecule has 2 atom stereocenters. The highest BCUT2D eigenvalue weighted by molar-refractivity contribution is 5.82. The van der Waals surface area contributed by atoms with E-state index in [-0.39, 0.29) is 5.78 Å². The van der Waals surface area contributed by atoms with E-state index in [0.717, 1.165) is 19.3 Å². The van der Waals surface area contributed by atoms with Crippen LogP contribution in [0.3, 0.4) is 0 Å². The number of ketones is 1. The summed E-state index contributed by atoms with van der Waals surface area (Å²) in [4.78, 5) is 11.0. The number of hydrogen-bond donors (Lipinski definition) is 1. The lowest BCUT2D eigenvalue weighted by atomic mass is 9.83. The highest BCUT2D eigenvalue weighted by atomic mass is 16.3. The Morgan fingerprint density at radius 2 is 2.30 bits per heavy atom. The van der Waals surface area contributed by atoms with Crippen LogP contribution in [0, 0.1) is 5.41 Å². The van der Waals surface area contributed by atoms with Crippen LogP contribution in [-0.4, -0.2) is 17.0 Å². The third-order valence-electron chi connectivity index (χ3n) is 2.71. The summed E-state index contributed by atoms with van der Waals surface area (Å²) in [6.45, 7) is 3.42. The summed E-state index contributed by atoms with van der Waals surface area (Å²) in [7, 11) is 0. The van der Waals surface area contributed by atoms with Crippen molar-refractivity contribution in [3.63, 3.8) is 0 Å². The Labute approximate surface area is 61.2 Å². The zero-order chi connectivity index (χ0) is 7.78. The molecule has 0 bridgehead atoms. The zero-order valence-corrected chi connectivity index (χ0v) is 6.55. The molecule has 2 heteroatoms. The van der Waals surface area contributed by atoms with E-state index in [0.29, 0.717) is 0 Å². The van der Waals surface area contributed by atoms with Gasteiger partial charge in [-0.3, -0.25) is 4.79 Å². The molecule has 0 aromatic carbocycles. The molecule has 1 fully saturated rings. The molecule has 10 heavy (non-hydrogen) atoms. The lowest BCUT2D eigenvalue weighted by Gasteiger charge is -2.23. The molecule has 0 radical (unpaired) electrons. The van der Waals surface area contributed by atoms with Crippen molar-refractivity contribution in [1.82, 2.24) is 0 Å². The van der Waals surface area contributed by atoms with Crippen molar-refractivity contribution >= 4 is 5.78 Å². The zero-order valence-electron chi connectivity index (χ0n) is 6.55. The first-order valence-corrected chi connectivity index (χ1v) is 3.76. The van der Waals surface area contributed by atoms with Crippen LogP contribution in [0.25, 0.3) is 0 Å². The second-order valence-corrected chi connectivity index (χ2v) is 3.38. The summed E-state index contributed by atoms with van der Waals surface area (Å²) in [5, 5.41) is 9.40. The highest BCUT2D eigenvalue weighted by Crippen LogP contribution is 2.38. The van der Waals surface area contributed by atoms with Crippen LogP contribution >= 0.6 is 0 Å². The van der Waals surface area contributed by atoms with E-state index in [1.807, 2.05) is 6.92 Å². The molecule has 2 nitrogen and oxygen atoms in total. The van der Waals surface area contributed by atoms with Gasteiger partial charge < -0.3 is 5.11 Å². The minimum Gasteiger partial charge on any atom is -0.392 e. The van der Waals surface area contributed by atoms with Crippen molar-refractivity contribution in [3.8, 4) is 0 Å². The Morgan fingerprint density at radius 3 is 2.50 bits per heavy atom. The van der Waals surface area contributed by atoms with E-state index < -0.39 is 11.5 Å². The van der Waals surface area contributed by atoms with Crippen LogP contribution in [0.5, 0.6) is 0 Å². The van der Waals surface area contributed by atoms with E-state index in [2.05, 4.69) is 0 Å². The van der Waals surface area contributed by atoms with E-state index in [1.54, 1.807) is 6.92 Å². The standard InChI is InChI=1S/C8H14O2/c1-6(9)8(2)5-3-4-7(8)10/h7,10H,3-5H2,1-2H3/t7-,8-/m0/s1. The van der Waals surface area contributed by atoms with Gasteiger partial charge in [0.1, 0.15) is 5.78 Å². The van der Waals surface area contributed by atoms with Gasteiger partial charge in [0, 0.05) is 0 Å². The monoisotopic (exact) mass is 142 g/mol. The van der Waals surface area contributed by atoms with Crippen LogP contribution < -0.4 is 0 Å². The fourth-order valence-corrected chi connectivity index (χ4v) is 1.56. The maximum absolute atomic E-state index is 11.0. The quantitative estimate of drug-likeness (QED) is 0.595. The first kappa shape index (κ1) is 7.73. The Balaban J connectivity index is 2.75. The number of rotatable bonds is 1. The summed E-state index contributed by atoms with van der Waals surface area (Å²) < 4.78 is 0. The lowest BCUT2D eigenvalue weighted by Crippen LogP contribution is -2.33. The van der Waals surface area contributed by atoms with Gasteiger partial charge >= 0.3 is 0 Å². The summed E-state index contributed by atoms with van der Waals surface area (Å²) >= 11 is 0. The largest absolute Gasteiger partial charge is 0.392 e. The van der Waals surface area contributed by atoms with Crippen LogP contribution in [0.2, 0.25) is 0 Å². The van der Waals surface area contributed by atoms with Gasteiger partial charge in [-0.05, 0) is 26.2 Å². The fraction of sp³-hybridized carbons (Fsp3) is 0.875. The number of hydrogen-bond acceptors (Lipinski definition) is 2. The topological polar surface area (TPSA) is 37.3 Å². The number of carbonyl (C=O) groups is 1. The molecule has 1 saturated carbocycles. The highest BCUT2D eigenvalue weighted by Gasteiger charge is 2.41. The molecule has 1 N–H and O–H groups in total. The molecule has 0 aliphatic heterocycles. The Morgan fingerprint density at radius 1 is 1.70 bits per heavy atom. The molecule has 58 valence electrons. The van der Waals surface area contributed by atoms with Crippen molar-refractivity contribution in [2.45, 2.75) is 39.2 Å². The maximum Gasteiger partial charge on any atom is 0.138 e. The van der Waals surface area contributed by atoms with E-state index in [1.165, 1.54) is 0 Å². The van der Waals surface area contributed by atoms with Gasteiger partial charge in [0.15, 0.2) is 0 Å². The van der Waals surface area contributed by atoms with E-state index in [9.17, 15) is 9.90 Å². The molecule has 0 aromatic rings. The van der Waals surface area contributed by atoms with Gasteiger partial charge in [-0.1, -0.05) is 6.92 Å². The normalized spacial score (nSPS) is 40.1. The van der Waals surface area contributed by atoms with E-state index in [4.69, 9.17) is 0 Å². The minimum atomic E-state index is -0.431.